The maximum atomic E-state index is 14.4. The fourth-order valence-electron chi connectivity index (χ4n) is 2.53. The Hall–Kier alpha value is -3.47. The predicted octanol–water partition coefficient (Wildman–Crippen LogP) is 5.04. The number of carbonyl (C=O) groups excluding carboxylic acids is 1. The predicted molar refractivity (Wildman–Crippen MR) is 103 cm³/mol. The van der Waals surface area contributed by atoms with Crippen LogP contribution in [0.25, 0.3) is 0 Å². The first-order chi connectivity index (χ1) is 14.5. The van der Waals surface area contributed by atoms with E-state index >= 15 is 0 Å². The molecule has 0 aliphatic carbocycles. The molecule has 0 saturated heterocycles. The number of sulfonamides is 1. The average Bonchev–Trinajstić information content (AvgIpc) is 2.69. The van der Waals surface area contributed by atoms with Crippen LogP contribution in [-0.4, -0.2) is 14.3 Å². The van der Waals surface area contributed by atoms with Crippen molar-refractivity contribution in [3.8, 4) is 0 Å². The summed E-state index contributed by atoms with van der Waals surface area (Å²) in [5, 5.41) is 2.22. The molecule has 0 heterocycles. The van der Waals surface area contributed by atoms with Crippen molar-refractivity contribution in [3.05, 3.63) is 89.5 Å². The van der Waals surface area contributed by atoms with Crippen LogP contribution in [0.1, 0.15) is 15.9 Å². The maximum Gasteiger partial charge on any atom is 0.416 e. The summed E-state index contributed by atoms with van der Waals surface area (Å²) in [5.74, 6) is -2.41. The van der Waals surface area contributed by atoms with Crippen molar-refractivity contribution < 1.29 is 35.2 Å². The molecule has 0 spiro atoms. The summed E-state index contributed by atoms with van der Waals surface area (Å²) in [5.41, 5.74) is -1.71. The molecular formula is C20H13F5N2O3S. The van der Waals surface area contributed by atoms with Crippen LogP contribution in [0.5, 0.6) is 0 Å². The highest BCUT2D eigenvalue weighted by Gasteiger charge is 2.30. The van der Waals surface area contributed by atoms with Gasteiger partial charge in [0.05, 0.1) is 16.1 Å². The summed E-state index contributed by atoms with van der Waals surface area (Å²) in [6, 6.07) is 10.5. The summed E-state index contributed by atoms with van der Waals surface area (Å²) in [7, 11) is -4.41. The number of anilines is 2. The molecule has 0 aromatic heterocycles. The van der Waals surface area contributed by atoms with Gasteiger partial charge in [-0.2, -0.15) is 13.2 Å². The van der Waals surface area contributed by atoms with Gasteiger partial charge in [0.25, 0.3) is 15.9 Å². The zero-order valence-electron chi connectivity index (χ0n) is 15.4. The molecule has 3 rings (SSSR count). The second kappa shape index (κ2) is 8.34. The van der Waals surface area contributed by atoms with Crippen molar-refractivity contribution in [2.75, 3.05) is 10.0 Å². The highest BCUT2D eigenvalue weighted by atomic mass is 32.2. The lowest BCUT2D eigenvalue weighted by Crippen LogP contribution is -2.16. The van der Waals surface area contributed by atoms with E-state index in [0.717, 1.165) is 42.5 Å². The number of nitrogens with one attached hydrogen (secondary N) is 2. The van der Waals surface area contributed by atoms with Crippen LogP contribution in [0.3, 0.4) is 0 Å². The lowest BCUT2D eigenvalue weighted by atomic mass is 10.2. The normalized spacial score (nSPS) is 11.8. The molecule has 5 nitrogen and oxygen atoms in total. The van der Waals surface area contributed by atoms with E-state index < -0.39 is 44.2 Å². The molecular weight excluding hydrogens is 443 g/mol. The Kier molecular flexibility index (Phi) is 5.98. The third kappa shape index (κ3) is 5.37. The molecule has 0 aliphatic heterocycles. The van der Waals surface area contributed by atoms with Gasteiger partial charge in [-0.15, -0.1) is 0 Å². The van der Waals surface area contributed by atoms with Gasteiger partial charge in [0.15, 0.2) is 0 Å². The molecule has 3 aromatic rings. The van der Waals surface area contributed by atoms with Crippen molar-refractivity contribution >= 4 is 27.3 Å². The van der Waals surface area contributed by atoms with E-state index in [-0.39, 0.29) is 16.9 Å². The zero-order chi connectivity index (χ0) is 22.8. The number of carbonyl (C=O) groups is 1. The van der Waals surface area contributed by atoms with Crippen LogP contribution in [0, 0.1) is 11.6 Å². The van der Waals surface area contributed by atoms with Crippen molar-refractivity contribution in [1.82, 2.24) is 0 Å². The number of hydrogen-bond donors (Lipinski definition) is 2. The monoisotopic (exact) mass is 456 g/mol. The van der Waals surface area contributed by atoms with E-state index in [1.807, 2.05) is 4.72 Å². The van der Waals surface area contributed by atoms with Crippen LogP contribution in [-0.2, 0) is 16.2 Å². The molecule has 0 fully saturated rings. The van der Waals surface area contributed by atoms with Gasteiger partial charge in [-0.3, -0.25) is 9.52 Å². The highest BCUT2D eigenvalue weighted by Crippen LogP contribution is 2.31. The van der Waals surface area contributed by atoms with Gasteiger partial charge >= 0.3 is 6.18 Å². The third-order valence-electron chi connectivity index (χ3n) is 4.05. The molecule has 0 atom stereocenters. The molecule has 1 amide bonds. The number of amides is 1. The number of alkyl halides is 3. The van der Waals surface area contributed by atoms with E-state index in [2.05, 4.69) is 5.32 Å². The summed E-state index contributed by atoms with van der Waals surface area (Å²) in [6.07, 6.45) is -4.67. The molecule has 0 unspecified atom stereocenters. The number of rotatable bonds is 5. The lowest BCUT2D eigenvalue weighted by molar-refractivity contribution is -0.137. The Morgan fingerprint density at radius 2 is 1.55 bits per heavy atom. The van der Waals surface area contributed by atoms with Gasteiger partial charge in [-0.05, 0) is 60.7 Å². The van der Waals surface area contributed by atoms with Gasteiger partial charge in [-0.1, -0.05) is 6.07 Å². The molecule has 2 N–H and O–H groups in total. The van der Waals surface area contributed by atoms with Crippen LogP contribution >= 0.6 is 0 Å². The summed E-state index contributed by atoms with van der Waals surface area (Å²) in [6.45, 7) is 0. The van der Waals surface area contributed by atoms with E-state index in [0.29, 0.717) is 12.1 Å². The Labute approximate surface area is 173 Å². The van der Waals surface area contributed by atoms with Crippen LogP contribution < -0.4 is 10.0 Å². The average molecular weight is 456 g/mol. The summed E-state index contributed by atoms with van der Waals surface area (Å²) >= 11 is 0. The van der Waals surface area contributed by atoms with Crippen LogP contribution in [0.4, 0.5) is 33.3 Å². The Morgan fingerprint density at radius 1 is 0.871 bits per heavy atom. The Bertz CT molecular complexity index is 1230. The molecule has 0 bridgehead atoms. The van der Waals surface area contributed by atoms with Gasteiger partial charge in [0, 0.05) is 11.3 Å². The number of halogens is 5. The Balaban J connectivity index is 1.80. The first-order valence-electron chi connectivity index (χ1n) is 8.52. The Morgan fingerprint density at radius 3 is 2.16 bits per heavy atom. The lowest BCUT2D eigenvalue weighted by Gasteiger charge is -2.12. The van der Waals surface area contributed by atoms with Crippen molar-refractivity contribution in [3.63, 3.8) is 0 Å². The van der Waals surface area contributed by atoms with E-state index in [1.165, 1.54) is 12.1 Å². The maximum absolute atomic E-state index is 14.4. The standard InChI is InChI=1S/C20H13F5N2O3S/c21-14-6-4-12(5-7-14)19(28)26-18-9-8-16(11-17(18)22)31(29,30)27-15-3-1-2-13(10-15)20(23,24)25/h1-11,27H,(H,26,28). The summed E-state index contributed by atoms with van der Waals surface area (Å²) in [4.78, 5) is 11.5. The first kappa shape index (κ1) is 22.2. The van der Waals surface area contributed by atoms with E-state index in [1.54, 1.807) is 0 Å². The minimum atomic E-state index is -4.67. The molecule has 162 valence electrons. The fraction of sp³-hybridized carbons (Fsp3) is 0.0500. The smallest absolute Gasteiger partial charge is 0.319 e. The minimum absolute atomic E-state index is 0.0451. The van der Waals surface area contributed by atoms with Crippen molar-refractivity contribution in [2.24, 2.45) is 0 Å². The van der Waals surface area contributed by atoms with Crippen LogP contribution in [0.2, 0.25) is 0 Å². The van der Waals surface area contributed by atoms with Gasteiger partial charge in [0.1, 0.15) is 11.6 Å². The third-order valence-corrected chi connectivity index (χ3v) is 5.43. The molecule has 11 heteroatoms. The zero-order valence-corrected chi connectivity index (χ0v) is 16.2. The SMILES string of the molecule is O=C(Nc1ccc(S(=O)(=O)Nc2cccc(C(F)(F)F)c2)cc1F)c1ccc(F)cc1. The summed E-state index contributed by atoms with van der Waals surface area (Å²) < 4.78 is 92.4. The number of hydrogen-bond acceptors (Lipinski definition) is 3. The van der Waals surface area contributed by atoms with E-state index in [9.17, 15) is 35.2 Å². The van der Waals surface area contributed by atoms with E-state index in [4.69, 9.17) is 0 Å². The number of benzene rings is 3. The van der Waals surface area contributed by atoms with Gasteiger partial charge in [0.2, 0.25) is 0 Å². The molecule has 0 radical (unpaired) electrons. The van der Waals surface area contributed by atoms with Crippen molar-refractivity contribution in [1.29, 1.82) is 0 Å². The fourth-order valence-corrected chi connectivity index (χ4v) is 3.59. The topological polar surface area (TPSA) is 75.3 Å². The van der Waals surface area contributed by atoms with Gasteiger partial charge < -0.3 is 5.32 Å². The largest absolute Gasteiger partial charge is 0.416 e. The van der Waals surface area contributed by atoms with Crippen LogP contribution in [0.15, 0.2) is 71.6 Å². The molecule has 0 saturated carbocycles. The highest BCUT2D eigenvalue weighted by molar-refractivity contribution is 7.92. The minimum Gasteiger partial charge on any atom is -0.319 e. The second-order valence-corrected chi connectivity index (χ2v) is 7.97. The molecule has 3 aromatic carbocycles. The quantitative estimate of drug-likeness (QED) is 0.529. The first-order valence-corrected chi connectivity index (χ1v) is 10.0. The van der Waals surface area contributed by atoms with Gasteiger partial charge in [-0.25, -0.2) is 17.2 Å². The molecule has 0 aliphatic rings. The second-order valence-electron chi connectivity index (χ2n) is 6.29. The molecule has 31 heavy (non-hydrogen) atoms. The van der Waals surface area contributed by atoms with Crippen molar-refractivity contribution in [2.45, 2.75) is 11.1 Å².